The van der Waals surface area contributed by atoms with Crippen molar-refractivity contribution in [1.29, 1.82) is 0 Å². The molecular weight excluding hydrogens is 186 g/mol. The molecule has 0 radical (unpaired) electrons. The number of aryl methyl sites for hydroxylation is 1. The van der Waals surface area contributed by atoms with Gasteiger partial charge in [-0.1, -0.05) is 0 Å². The summed E-state index contributed by atoms with van der Waals surface area (Å²) < 4.78 is 0. The molecule has 1 unspecified atom stereocenters. The van der Waals surface area contributed by atoms with Gasteiger partial charge in [-0.05, 0) is 6.92 Å². The molecule has 13 heavy (non-hydrogen) atoms. The minimum absolute atomic E-state index is 0.0473. The first-order valence-corrected chi connectivity index (χ1v) is 4.94. The molecule has 1 aromatic heterocycles. The average molecular weight is 197 g/mol. The van der Waals surface area contributed by atoms with Crippen molar-refractivity contribution in [3.8, 4) is 0 Å². The zero-order valence-corrected chi connectivity index (χ0v) is 8.17. The van der Waals surface area contributed by atoms with Crippen molar-refractivity contribution in [3.63, 3.8) is 0 Å². The van der Waals surface area contributed by atoms with Crippen molar-refractivity contribution in [2.24, 2.45) is 5.73 Å². The Kier molecular flexibility index (Phi) is 2.05. The summed E-state index contributed by atoms with van der Waals surface area (Å²) in [5, 5.41) is 1.03. The van der Waals surface area contributed by atoms with E-state index in [9.17, 15) is 4.79 Å². The number of nitrogens with two attached hydrogens (primary N) is 1. The fourth-order valence-electron chi connectivity index (χ4n) is 1.34. The molecule has 2 N–H and O–H groups in total. The fourth-order valence-corrected chi connectivity index (χ4v) is 2.15. The predicted octanol–water partition coefficient (Wildman–Crippen LogP) is 0.121. The number of aromatic nitrogens is 1. The smallest absolute Gasteiger partial charge is 0.241 e. The number of likely N-dealkylation sites (tertiary alicyclic amines) is 1. The maximum absolute atomic E-state index is 11.2. The van der Waals surface area contributed by atoms with Crippen LogP contribution in [0.1, 0.15) is 9.88 Å². The van der Waals surface area contributed by atoms with E-state index in [4.69, 9.17) is 5.73 Å². The Balaban J connectivity index is 1.96. The number of hydrogen-bond donors (Lipinski definition) is 1. The Labute approximate surface area is 80.4 Å². The van der Waals surface area contributed by atoms with Crippen LogP contribution in [0, 0.1) is 6.92 Å². The van der Waals surface area contributed by atoms with Gasteiger partial charge in [-0.3, -0.25) is 4.79 Å². The van der Waals surface area contributed by atoms with Gasteiger partial charge >= 0.3 is 0 Å². The van der Waals surface area contributed by atoms with Crippen LogP contribution in [0.4, 0.5) is 0 Å². The summed E-state index contributed by atoms with van der Waals surface area (Å²) in [6, 6.07) is -0.269. The van der Waals surface area contributed by atoms with Gasteiger partial charge in [0.15, 0.2) is 0 Å². The number of carbonyl (C=O) groups is 1. The molecule has 0 bridgehead atoms. The largest absolute Gasteiger partial charge is 0.334 e. The highest BCUT2D eigenvalue weighted by Gasteiger charge is 2.33. The molecule has 1 saturated heterocycles. The molecule has 1 amide bonds. The van der Waals surface area contributed by atoms with E-state index in [0.29, 0.717) is 13.1 Å². The predicted molar refractivity (Wildman–Crippen MR) is 50.2 cm³/mol. The normalized spacial score (nSPS) is 21.8. The first kappa shape index (κ1) is 8.65. The fraction of sp³-hybridized carbons (Fsp3) is 0.500. The van der Waals surface area contributed by atoms with Gasteiger partial charge in [0.1, 0.15) is 6.04 Å². The lowest BCUT2D eigenvalue weighted by Gasteiger charge is -2.35. The highest BCUT2D eigenvalue weighted by molar-refractivity contribution is 7.11. The van der Waals surface area contributed by atoms with Gasteiger partial charge in [0.05, 0.1) is 11.6 Å². The lowest BCUT2D eigenvalue weighted by molar-refractivity contribution is -0.143. The lowest BCUT2D eigenvalue weighted by atomic mass is 10.1. The summed E-state index contributed by atoms with van der Waals surface area (Å²) in [5.41, 5.74) is 5.47. The van der Waals surface area contributed by atoms with E-state index in [0.717, 1.165) is 9.88 Å². The van der Waals surface area contributed by atoms with Crippen molar-refractivity contribution < 1.29 is 4.79 Å². The van der Waals surface area contributed by atoms with E-state index in [2.05, 4.69) is 4.98 Å². The molecule has 0 spiro atoms. The minimum Gasteiger partial charge on any atom is -0.334 e. The molecule has 1 aliphatic rings. The number of amides is 1. The second-order valence-corrected chi connectivity index (χ2v) is 4.49. The van der Waals surface area contributed by atoms with Crippen LogP contribution in [0.25, 0.3) is 0 Å². The molecule has 4 nitrogen and oxygen atoms in total. The van der Waals surface area contributed by atoms with Crippen LogP contribution in [-0.2, 0) is 11.3 Å². The first-order chi connectivity index (χ1) is 6.16. The van der Waals surface area contributed by atoms with Crippen LogP contribution < -0.4 is 5.73 Å². The van der Waals surface area contributed by atoms with Gasteiger partial charge in [0.2, 0.25) is 5.91 Å². The third kappa shape index (κ3) is 1.57. The first-order valence-electron chi connectivity index (χ1n) is 4.12. The van der Waals surface area contributed by atoms with Gasteiger partial charge in [-0.15, -0.1) is 11.3 Å². The topological polar surface area (TPSA) is 59.2 Å². The molecule has 0 aromatic carbocycles. The Morgan fingerprint density at radius 2 is 2.62 bits per heavy atom. The molecule has 0 saturated carbocycles. The van der Waals surface area contributed by atoms with E-state index in [1.165, 1.54) is 0 Å². The summed E-state index contributed by atoms with van der Waals surface area (Å²) >= 11 is 1.62. The zero-order valence-electron chi connectivity index (χ0n) is 7.36. The molecule has 1 aliphatic heterocycles. The highest BCUT2D eigenvalue weighted by atomic mass is 32.1. The van der Waals surface area contributed by atoms with Crippen LogP contribution >= 0.6 is 11.3 Å². The number of carbonyl (C=O) groups excluding carboxylic acids is 1. The standard InChI is InChI=1S/C8H11N3OS/c1-5-10-2-6(13-5)3-11-4-7(9)8(11)12/h2,7H,3-4,9H2,1H3. The molecule has 2 heterocycles. The number of thiazole rings is 1. The summed E-state index contributed by atoms with van der Waals surface area (Å²) in [7, 11) is 0. The number of rotatable bonds is 2. The third-order valence-electron chi connectivity index (χ3n) is 2.06. The SMILES string of the molecule is Cc1ncc(CN2CC(N)C2=O)s1. The molecule has 1 fully saturated rings. The van der Waals surface area contributed by atoms with Crippen molar-refractivity contribution in [2.75, 3.05) is 6.54 Å². The monoisotopic (exact) mass is 197 g/mol. The second-order valence-electron chi connectivity index (χ2n) is 3.17. The van der Waals surface area contributed by atoms with E-state index >= 15 is 0 Å². The molecule has 70 valence electrons. The van der Waals surface area contributed by atoms with E-state index < -0.39 is 0 Å². The van der Waals surface area contributed by atoms with Crippen LogP contribution in [-0.4, -0.2) is 28.4 Å². The van der Waals surface area contributed by atoms with Crippen molar-refractivity contribution in [2.45, 2.75) is 19.5 Å². The maximum Gasteiger partial charge on any atom is 0.241 e. The quantitative estimate of drug-likeness (QED) is 0.685. The maximum atomic E-state index is 11.2. The van der Waals surface area contributed by atoms with Crippen LogP contribution in [0.2, 0.25) is 0 Å². The van der Waals surface area contributed by atoms with E-state index in [1.807, 2.05) is 13.1 Å². The Hall–Kier alpha value is -0.940. The van der Waals surface area contributed by atoms with Crippen molar-refractivity contribution in [3.05, 3.63) is 16.1 Å². The van der Waals surface area contributed by atoms with Gasteiger partial charge in [0, 0.05) is 17.6 Å². The van der Waals surface area contributed by atoms with Gasteiger partial charge < -0.3 is 10.6 Å². The summed E-state index contributed by atoms with van der Waals surface area (Å²) in [6.07, 6.45) is 1.82. The van der Waals surface area contributed by atoms with Crippen LogP contribution in [0.3, 0.4) is 0 Å². The van der Waals surface area contributed by atoms with Gasteiger partial charge in [-0.25, -0.2) is 4.98 Å². The summed E-state index contributed by atoms with van der Waals surface area (Å²) in [5.74, 6) is 0.0473. The molecule has 1 aromatic rings. The lowest BCUT2D eigenvalue weighted by Crippen LogP contribution is -2.60. The van der Waals surface area contributed by atoms with E-state index in [-0.39, 0.29) is 11.9 Å². The number of nitrogens with zero attached hydrogens (tertiary/aromatic N) is 2. The highest BCUT2D eigenvalue weighted by Crippen LogP contribution is 2.18. The Bertz CT molecular complexity index is 336. The Morgan fingerprint density at radius 3 is 3.08 bits per heavy atom. The summed E-state index contributed by atoms with van der Waals surface area (Å²) in [6.45, 7) is 3.30. The average Bonchev–Trinajstić information content (AvgIpc) is 2.50. The van der Waals surface area contributed by atoms with Crippen LogP contribution in [0.15, 0.2) is 6.20 Å². The molecule has 5 heteroatoms. The zero-order chi connectivity index (χ0) is 9.42. The van der Waals surface area contributed by atoms with Gasteiger partial charge in [-0.2, -0.15) is 0 Å². The van der Waals surface area contributed by atoms with Crippen molar-refractivity contribution >= 4 is 17.2 Å². The second kappa shape index (κ2) is 3.08. The molecular formula is C8H11N3OS. The summed E-state index contributed by atoms with van der Waals surface area (Å²) in [4.78, 5) is 18.1. The van der Waals surface area contributed by atoms with E-state index in [1.54, 1.807) is 16.2 Å². The van der Waals surface area contributed by atoms with Crippen molar-refractivity contribution in [1.82, 2.24) is 9.88 Å². The van der Waals surface area contributed by atoms with Gasteiger partial charge in [0.25, 0.3) is 0 Å². The molecule has 2 rings (SSSR count). The molecule has 1 atom stereocenters. The van der Waals surface area contributed by atoms with Crippen LogP contribution in [0.5, 0.6) is 0 Å². The third-order valence-corrected chi connectivity index (χ3v) is 2.96. The number of hydrogen-bond acceptors (Lipinski definition) is 4. The Morgan fingerprint density at radius 1 is 1.85 bits per heavy atom. The minimum atomic E-state index is -0.269. The molecule has 0 aliphatic carbocycles. The number of β-lactam (4-membered cyclic amide) rings is 1.